The van der Waals surface area contributed by atoms with Crippen LogP contribution in [0.4, 0.5) is 0 Å². The third-order valence-corrected chi connectivity index (χ3v) is 5.50. The van der Waals surface area contributed by atoms with Gasteiger partial charge in [0.2, 0.25) is 5.91 Å². The lowest BCUT2D eigenvalue weighted by atomic mass is 9.85. The molecule has 3 aliphatic rings. The Morgan fingerprint density at radius 2 is 1.75 bits per heavy atom. The molecular weight excluding hydrogens is 272 g/mol. The van der Waals surface area contributed by atoms with Gasteiger partial charge in [-0.3, -0.25) is 4.79 Å². The van der Waals surface area contributed by atoms with Crippen LogP contribution in [-0.2, 0) is 4.79 Å². The quantitative estimate of drug-likeness (QED) is 0.841. The molecule has 20 heavy (non-hydrogen) atoms. The summed E-state index contributed by atoms with van der Waals surface area (Å²) in [6, 6.07) is 1.84. The number of hydrogen-bond acceptors (Lipinski definition) is 2. The van der Waals surface area contributed by atoms with Crippen LogP contribution in [0.1, 0.15) is 64.7 Å². The van der Waals surface area contributed by atoms with E-state index in [2.05, 4.69) is 17.6 Å². The zero-order valence-corrected chi connectivity index (χ0v) is 13.4. The smallest absolute Gasteiger partial charge is 0.220 e. The second kappa shape index (κ2) is 7.13. The molecule has 0 aromatic heterocycles. The minimum absolute atomic E-state index is 0. The Hall–Kier alpha value is -0.280. The van der Waals surface area contributed by atoms with Crippen molar-refractivity contribution in [1.82, 2.24) is 10.6 Å². The summed E-state index contributed by atoms with van der Waals surface area (Å²) in [4.78, 5) is 12.2. The van der Waals surface area contributed by atoms with Crippen molar-refractivity contribution >= 4 is 18.3 Å². The van der Waals surface area contributed by atoms with Crippen LogP contribution < -0.4 is 10.6 Å². The van der Waals surface area contributed by atoms with E-state index in [0.717, 1.165) is 6.42 Å². The molecule has 0 spiro atoms. The van der Waals surface area contributed by atoms with Gasteiger partial charge < -0.3 is 10.6 Å². The van der Waals surface area contributed by atoms with Gasteiger partial charge in [0.1, 0.15) is 0 Å². The van der Waals surface area contributed by atoms with Gasteiger partial charge in [-0.15, -0.1) is 12.4 Å². The topological polar surface area (TPSA) is 41.1 Å². The van der Waals surface area contributed by atoms with Crippen LogP contribution in [0.5, 0.6) is 0 Å². The Balaban J connectivity index is 0.00000147. The van der Waals surface area contributed by atoms with Crippen molar-refractivity contribution in [1.29, 1.82) is 0 Å². The SMILES string of the molecule is CC1CCCCC1NC(=O)CC1CC2CCC(C1)N2.Cl. The summed E-state index contributed by atoms with van der Waals surface area (Å²) in [5.74, 6) is 1.60. The lowest BCUT2D eigenvalue weighted by Gasteiger charge is -2.32. The van der Waals surface area contributed by atoms with Crippen LogP contribution in [0.25, 0.3) is 0 Å². The van der Waals surface area contributed by atoms with Crippen molar-refractivity contribution in [2.24, 2.45) is 11.8 Å². The molecule has 1 aliphatic carbocycles. The number of halogens is 1. The van der Waals surface area contributed by atoms with Crippen LogP contribution in [0.3, 0.4) is 0 Å². The Bertz CT molecular complexity index is 324. The van der Waals surface area contributed by atoms with Gasteiger partial charge in [0.15, 0.2) is 0 Å². The summed E-state index contributed by atoms with van der Waals surface area (Å²) >= 11 is 0. The second-order valence-corrected chi connectivity index (χ2v) is 7.12. The fourth-order valence-corrected chi connectivity index (χ4v) is 4.40. The van der Waals surface area contributed by atoms with Crippen molar-refractivity contribution in [3.63, 3.8) is 0 Å². The van der Waals surface area contributed by atoms with Crippen LogP contribution in [-0.4, -0.2) is 24.0 Å². The Labute approximate surface area is 129 Å². The third-order valence-electron chi connectivity index (χ3n) is 5.50. The molecule has 0 aromatic rings. The predicted octanol–water partition coefficient (Wildman–Crippen LogP) is 3.02. The van der Waals surface area contributed by atoms with Crippen molar-refractivity contribution < 1.29 is 4.79 Å². The lowest BCUT2D eigenvalue weighted by Crippen LogP contribution is -2.43. The molecular formula is C16H29ClN2O. The average Bonchev–Trinajstić information content (AvgIpc) is 2.72. The molecule has 4 heteroatoms. The molecule has 1 saturated carbocycles. The maximum Gasteiger partial charge on any atom is 0.220 e. The van der Waals surface area contributed by atoms with Gasteiger partial charge in [-0.25, -0.2) is 0 Å². The van der Waals surface area contributed by atoms with E-state index < -0.39 is 0 Å². The normalized spacial score (nSPS) is 40.0. The van der Waals surface area contributed by atoms with Crippen LogP contribution in [0, 0.1) is 11.8 Å². The summed E-state index contributed by atoms with van der Waals surface area (Å²) in [7, 11) is 0. The van der Waals surface area contributed by atoms with Crippen LogP contribution in [0.2, 0.25) is 0 Å². The van der Waals surface area contributed by atoms with Gasteiger partial charge in [0.25, 0.3) is 0 Å². The van der Waals surface area contributed by atoms with Crippen molar-refractivity contribution in [2.45, 2.75) is 82.8 Å². The summed E-state index contributed by atoms with van der Waals surface area (Å²) in [6.45, 7) is 2.29. The van der Waals surface area contributed by atoms with Crippen molar-refractivity contribution in [3.8, 4) is 0 Å². The number of fused-ring (bicyclic) bond motifs is 2. The van der Waals surface area contributed by atoms with Gasteiger partial charge in [0.05, 0.1) is 0 Å². The number of rotatable bonds is 3. The van der Waals surface area contributed by atoms with Gasteiger partial charge in [-0.05, 0) is 50.4 Å². The van der Waals surface area contributed by atoms with Gasteiger partial charge in [-0.1, -0.05) is 19.8 Å². The molecule has 1 amide bonds. The summed E-state index contributed by atoms with van der Waals surface area (Å²) in [6.07, 6.45) is 10.9. The van der Waals surface area contributed by atoms with Gasteiger partial charge in [0, 0.05) is 24.5 Å². The highest BCUT2D eigenvalue weighted by molar-refractivity contribution is 5.85. The summed E-state index contributed by atoms with van der Waals surface area (Å²) < 4.78 is 0. The number of carbonyl (C=O) groups is 1. The van der Waals surface area contributed by atoms with Gasteiger partial charge >= 0.3 is 0 Å². The number of piperidine rings is 1. The first-order valence-corrected chi connectivity index (χ1v) is 8.26. The predicted molar refractivity (Wildman–Crippen MR) is 84.1 cm³/mol. The first-order chi connectivity index (χ1) is 9.20. The molecule has 2 aliphatic heterocycles. The lowest BCUT2D eigenvalue weighted by molar-refractivity contribution is -0.123. The zero-order valence-electron chi connectivity index (χ0n) is 12.6. The molecule has 2 bridgehead atoms. The number of carbonyl (C=O) groups excluding carboxylic acids is 1. The number of amides is 1. The highest BCUT2D eigenvalue weighted by Crippen LogP contribution is 2.32. The number of hydrogen-bond donors (Lipinski definition) is 2. The van der Waals surface area contributed by atoms with E-state index in [0.29, 0.717) is 35.9 Å². The second-order valence-electron chi connectivity index (χ2n) is 7.12. The fraction of sp³-hybridized carbons (Fsp3) is 0.938. The molecule has 3 fully saturated rings. The molecule has 2 heterocycles. The Morgan fingerprint density at radius 1 is 1.10 bits per heavy atom. The molecule has 3 nitrogen and oxygen atoms in total. The van der Waals surface area contributed by atoms with E-state index in [9.17, 15) is 4.79 Å². The monoisotopic (exact) mass is 300 g/mol. The van der Waals surface area contributed by atoms with Crippen molar-refractivity contribution in [3.05, 3.63) is 0 Å². The highest BCUT2D eigenvalue weighted by Gasteiger charge is 2.34. The molecule has 2 N–H and O–H groups in total. The molecule has 4 unspecified atom stereocenters. The molecule has 116 valence electrons. The van der Waals surface area contributed by atoms with E-state index in [-0.39, 0.29) is 12.4 Å². The maximum absolute atomic E-state index is 12.2. The van der Waals surface area contributed by atoms with Crippen LogP contribution in [0.15, 0.2) is 0 Å². The van der Waals surface area contributed by atoms with Crippen LogP contribution >= 0.6 is 12.4 Å². The standard InChI is InChI=1S/C16H28N2O.ClH/c1-11-4-2-3-5-15(11)18-16(19)10-12-8-13-6-7-14(9-12)17-13;/h11-15,17H,2-10H2,1H3,(H,18,19);1H. The molecule has 3 rings (SSSR count). The highest BCUT2D eigenvalue weighted by atomic mass is 35.5. The Kier molecular flexibility index (Phi) is 5.74. The summed E-state index contributed by atoms with van der Waals surface area (Å²) in [5, 5.41) is 6.96. The minimum atomic E-state index is 0. The van der Waals surface area contributed by atoms with E-state index in [1.165, 1.54) is 51.4 Å². The molecule has 4 atom stereocenters. The average molecular weight is 301 g/mol. The maximum atomic E-state index is 12.2. The van der Waals surface area contributed by atoms with E-state index in [4.69, 9.17) is 0 Å². The van der Waals surface area contributed by atoms with E-state index >= 15 is 0 Å². The van der Waals surface area contributed by atoms with Crippen molar-refractivity contribution in [2.75, 3.05) is 0 Å². The minimum Gasteiger partial charge on any atom is -0.353 e. The zero-order chi connectivity index (χ0) is 13.2. The fourth-order valence-electron chi connectivity index (χ4n) is 4.40. The molecule has 0 aromatic carbocycles. The van der Waals surface area contributed by atoms with E-state index in [1.807, 2.05) is 0 Å². The number of nitrogens with one attached hydrogen (secondary N) is 2. The first kappa shape index (κ1) is 16.1. The van der Waals surface area contributed by atoms with Gasteiger partial charge in [-0.2, -0.15) is 0 Å². The summed E-state index contributed by atoms with van der Waals surface area (Å²) in [5.41, 5.74) is 0. The first-order valence-electron chi connectivity index (χ1n) is 8.26. The van der Waals surface area contributed by atoms with E-state index in [1.54, 1.807) is 0 Å². The molecule has 0 radical (unpaired) electrons. The largest absolute Gasteiger partial charge is 0.353 e. The molecule has 2 saturated heterocycles. The Morgan fingerprint density at radius 3 is 2.40 bits per heavy atom. The third kappa shape index (κ3) is 3.88.